The van der Waals surface area contributed by atoms with Gasteiger partial charge in [-0.2, -0.15) is 31.4 Å². The number of hydrogen-bond donors (Lipinski definition) is 1. The van der Waals surface area contributed by atoms with Gasteiger partial charge < -0.3 is 10.2 Å². The summed E-state index contributed by atoms with van der Waals surface area (Å²) >= 11 is 0. The molecule has 1 saturated heterocycles. The Kier molecular flexibility index (Phi) is 7.42. The third kappa shape index (κ3) is 5.65. The number of piperazine rings is 1. The van der Waals surface area contributed by atoms with Gasteiger partial charge in [-0.05, 0) is 68.4 Å². The molecule has 2 amide bonds. The molecule has 8 nitrogen and oxygen atoms in total. The van der Waals surface area contributed by atoms with Crippen LogP contribution in [0.4, 0.5) is 32.0 Å². The molecule has 4 aromatic rings. The van der Waals surface area contributed by atoms with Crippen molar-refractivity contribution in [1.82, 2.24) is 24.6 Å². The molecule has 234 valence electrons. The highest BCUT2D eigenvalue weighted by Crippen LogP contribution is 2.41. The van der Waals surface area contributed by atoms with Gasteiger partial charge in [0.05, 0.1) is 22.5 Å². The molecular weight excluding hydrogens is 602 g/mol. The van der Waals surface area contributed by atoms with E-state index in [1.807, 2.05) is 4.90 Å². The third-order valence-corrected chi connectivity index (χ3v) is 8.07. The van der Waals surface area contributed by atoms with Crippen molar-refractivity contribution in [2.45, 2.75) is 44.3 Å². The molecule has 3 atom stereocenters. The average molecular weight is 629 g/mol. The van der Waals surface area contributed by atoms with Gasteiger partial charge in [0.1, 0.15) is 6.04 Å². The number of carbonyl (C=O) groups is 2. The Morgan fingerprint density at radius 1 is 0.844 bits per heavy atom. The summed E-state index contributed by atoms with van der Waals surface area (Å²) in [6.07, 6.45) is -5.97. The molecule has 6 rings (SSSR count). The maximum absolute atomic E-state index is 13.9. The second kappa shape index (κ2) is 11.0. The quantitative estimate of drug-likeness (QED) is 0.272. The summed E-state index contributed by atoms with van der Waals surface area (Å²) < 4.78 is 80.7. The van der Waals surface area contributed by atoms with E-state index in [2.05, 4.69) is 15.4 Å². The lowest BCUT2D eigenvalue weighted by atomic mass is 10.00. The first-order valence-electron chi connectivity index (χ1n) is 14.0. The molecule has 4 heterocycles. The van der Waals surface area contributed by atoms with Crippen molar-refractivity contribution >= 4 is 17.5 Å². The van der Waals surface area contributed by atoms with Gasteiger partial charge in [-0.25, -0.2) is 4.68 Å². The average Bonchev–Trinajstić information content (AvgIpc) is 3.57. The summed E-state index contributed by atoms with van der Waals surface area (Å²) in [4.78, 5) is 34.4. The van der Waals surface area contributed by atoms with Crippen molar-refractivity contribution in [1.29, 1.82) is 0 Å². The highest BCUT2D eigenvalue weighted by molar-refractivity contribution is 6.02. The minimum Gasteiger partial charge on any atom is -0.329 e. The molecule has 2 aliphatic heterocycles. The van der Waals surface area contributed by atoms with Crippen molar-refractivity contribution in [2.75, 3.05) is 18.4 Å². The molecule has 0 spiro atoms. The molecule has 0 saturated carbocycles. The number of nitrogens with zero attached hydrogens (tertiary/aromatic N) is 5. The smallest absolute Gasteiger partial charge is 0.329 e. The van der Waals surface area contributed by atoms with E-state index in [-0.39, 0.29) is 24.5 Å². The number of alkyl halides is 6. The maximum Gasteiger partial charge on any atom is 0.416 e. The van der Waals surface area contributed by atoms with E-state index >= 15 is 0 Å². The largest absolute Gasteiger partial charge is 0.416 e. The Morgan fingerprint density at radius 3 is 2.04 bits per heavy atom. The molecule has 45 heavy (non-hydrogen) atoms. The third-order valence-electron chi connectivity index (χ3n) is 8.07. The summed E-state index contributed by atoms with van der Waals surface area (Å²) in [5.41, 5.74) is 0.359. The second-order valence-corrected chi connectivity index (χ2v) is 11.2. The van der Waals surface area contributed by atoms with E-state index in [1.165, 1.54) is 22.9 Å². The van der Waals surface area contributed by atoms with E-state index in [0.29, 0.717) is 22.5 Å². The SMILES string of the molecule is CC1CN(C2C(=O)Nc3cc(C(F)(F)F)ccc32)C[C@@H](C)N1C(=O)c1cc(-c2ccncc2)n(-c2ccc(C(F)(F)F)cc2)n1. The van der Waals surface area contributed by atoms with Crippen molar-refractivity contribution < 1.29 is 35.9 Å². The van der Waals surface area contributed by atoms with Gasteiger partial charge in [-0.1, -0.05) is 6.07 Å². The zero-order valence-corrected chi connectivity index (χ0v) is 23.9. The van der Waals surface area contributed by atoms with E-state index < -0.39 is 53.4 Å². The Morgan fingerprint density at radius 2 is 1.44 bits per heavy atom. The van der Waals surface area contributed by atoms with E-state index in [0.717, 1.165) is 24.3 Å². The molecule has 2 aliphatic rings. The fourth-order valence-electron chi connectivity index (χ4n) is 6.09. The van der Waals surface area contributed by atoms with Gasteiger partial charge in [0.25, 0.3) is 5.91 Å². The first kappa shape index (κ1) is 30.3. The van der Waals surface area contributed by atoms with Crippen LogP contribution in [-0.4, -0.2) is 61.6 Å². The van der Waals surface area contributed by atoms with Gasteiger partial charge in [0.15, 0.2) is 5.69 Å². The lowest BCUT2D eigenvalue weighted by Gasteiger charge is -2.45. The number of halogens is 6. The van der Waals surface area contributed by atoms with Crippen LogP contribution in [0.25, 0.3) is 16.9 Å². The topological polar surface area (TPSA) is 83.4 Å². The van der Waals surface area contributed by atoms with Crippen LogP contribution < -0.4 is 5.32 Å². The molecule has 1 fully saturated rings. The van der Waals surface area contributed by atoms with Crippen molar-refractivity contribution in [2.24, 2.45) is 0 Å². The van der Waals surface area contributed by atoms with Gasteiger partial charge in [0.2, 0.25) is 5.91 Å². The summed E-state index contributed by atoms with van der Waals surface area (Å²) in [5.74, 6) is -0.859. The Balaban J connectivity index is 1.28. The lowest BCUT2D eigenvalue weighted by molar-refractivity contribution is -0.138. The number of amides is 2. The monoisotopic (exact) mass is 628 g/mol. The number of carbonyl (C=O) groups excluding carboxylic acids is 2. The number of nitrogens with one attached hydrogen (secondary N) is 1. The predicted molar refractivity (Wildman–Crippen MR) is 151 cm³/mol. The van der Waals surface area contributed by atoms with Gasteiger partial charge in [-0.3, -0.25) is 19.5 Å². The normalized spacial score (nSPS) is 20.7. The number of rotatable bonds is 4. The standard InChI is InChI=1S/C31H26F6N6O2/c1-17-15-41(27-23-8-5-21(31(35,36)37)13-24(23)39-28(27)44)16-18(2)42(17)29(45)25-14-26(19-9-11-38-12-10-19)43(40-25)22-6-3-20(4-7-22)30(32,33)34/h3-14,17-18,27H,15-16H2,1-2H3,(H,39,44)/t17-,18?,27?/m1/s1. The Labute approximate surface area is 253 Å². The number of fused-ring (bicyclic) bond motifs is 1. The van der Waals surface area contributed by atoms with Crippen LogP contribution in [0.15, 0.2) is 73.1 Å². The minimum atomic E-state index is -4.55. The number of pyridine rings is 1. The van der Waals surface area contributed by atoms with Crippen molar-refractivity contribution in [3.05, 3.63) is 95.4 Å². The van der Waals surface area contributed by atoms with Crippen LogP contribution in [-0.2, 0) is 17.1 Å². The summed E-state index contributed by atoms with van der Waals surface area (Å²) in [7, 11) is 0. The van der Waals surface area contributed by atoms with Crippen molar-refractivity contribution in [3.63, 3.8) is 0 Å². The Hall–Kier alpha value is -4.72. The lowest BCUT2D eigenvalue weighted by Crippen LogP contribution is -2.59. The zero-order valence-electron chi connectivity index (χ0n) is 23.9. The fourth-order valence-corrected chi connectivity index (χ4v) is 6.09. The van der Waals surface area contributed by atoms with Crippen molar-refractivity contribution in [3.8, 4) is 16.9 Å². The number of anilines is 1. The van der Waals surface area contributed by atoms with Gasteiger partial charge >= 0.3 is 12.4 Å². The zero-order chi connectivity index (χ0) is 32.3. The Bertz CT molecular complexity index is 1740. The predicted octanol–water partition coefficient (Wildman–Crippen LogP) is 6.20. The summed E-state index contributed by atoms with van der Waals surface area (Å²) in [6.45, 7) is 4.12. The highest BCUT2D eigenvalue weighted by atomic mass is 19.4. The van der Waals surface area contributed by atoms with E-state index in [4.69, 9.17) is 0 Å². The first-order chi connectivity index (χ1) is 21.2. The molecule has 2 aromatic carbocycles. The molecule has 0 radical (unpaired) electrons. The fraction of sp³-hybridized carbons (Fsp3) is 0.290. The van der Waals surface area contributed by atoms with Crippen LogP contribution in [0.1, 0.15) is 47.1 Å². The summed E-state index contributed by atoms with van der Waals surface area (Å²) in [5, 5.41) is 7.07. The number of hydrogen-bond acceptors (Lipinski definition) is 5. The first-order valence-corrected chi connectivity index (χ1v) is 14.0. The van der Waals surface area contributed by atoms with Crippen LogP contribution in [0.3, 0.4) is 0 Å². The molecule has 0 aliphatic carbocycles. The molecule has 2 unspecified atom stereocenters. The summed E-state index contributed by atoms with van der Waals surface area (Å²) in [6, 6.07) is 10.9. The van der Waals surface area contributed by atoms with E-state index in [1.54, 1.807) is 49.3 Å². The van der Waals surface area contributed by atoms with E-state index in [9.17, 15) is 35.9 Å². The van der Waals surface area contributed by atoms with Crippen LogP contribution in [0.2, 0.25) is 0 Å². The maximum atomic E-state index is 13.9. The van der Waals surface area contributed by atoms with Crippen LogP contribution in [0, 0.1) is 0 Å². The second-order valence-electron chi connectivity index (χ2n) is 11.2. The van der Waals surface area contributed by atoms with Crippen LogP contribution in [0.5, 0.6) is 0 Å². The molecule has 2 aromatic heterocycles. The van der Waals surface area contributed by atoms with Gasteiger partial charge in [0, 0.05) is 54.4 Å². The molecule has 14 heteroatoms. The van der Waals surface area contributed by atoms with Gasteiger partial charge in [-0.15, -0.1) is 0 Å². The molecular formula is C31H26F6N6O2. The minimum absolute atomic E-state index is 0.0671. The molecule has 0 bridgehead atoms. The highest BCUT2D eigenvalue weighted by Gasteiger charge is 2.43. The number of aromatic nitrogens is 3. The molecule has 1 N–H and O–H groups in total. The number of benzene rings is 2. The van der Waals surface area contributed by atoms with Crippen LogP contribution >= 0.6 is 0 Å².